The molecule has 110 valence electrons. The minimum absolute atomic E-state index is 0.159. The van der Waals surface area contributed by atoms with E-state index in [2.05, 4.69) is 15.9 Å². The summed E-state index contributed by atoms with van der Waals surface area (Å²) in [5.41, 5.74) is 6.86. The maximum absolute atomic E-state index is 12.8. The zero-order chi connectivity index (χ0) is 14.5. The number of aryl methyl sites for hydroxylation is 1. The monoisotopic (exact) mass is 358 g/mol. The van der Waals surface area contributed by atoms with Crippen LogP contribution in [-0.2, 0) is 10.0 Å². The molecule has 1 aromatic carbocycles. The van der Waals surface area contributed by atoms with Gasteiger partial charge in [-0.1, -0.05) is 15.9 Å². The highest BCUT2D eigenvalue weighted by Crippen LogP contribution is 2.39. The van der Waals surface area contributed by atoms with Crippen LogP contribution in [-0.4, -0.2) is 31.9 Å². The largest absolute Gasteiger partial charge is 0.327 e. The third-order valence-corrected chi connectivity index (χ3v) is 7.12. The lowest BCUT2D eigenvalue weighted by Gasteiger charge is -2.19. The molecule has 2 N–H and O–H groups in total. The fourth-order valence-corrected chi connectivity index (χ4v) is 5.72. The number of hydrogen-bond donors (Lipinski definition) is 1. The number of nitrogens with zero attached hydrogens (tertiary/aromatic N) is 1. The van der Waals surface area contributed by atoms with E-state index in [0.29, 0.717) is 29.8 Å². The average molecular weight is 359 g/mol. The summed E-state index contributed by atoms with van der Waals surface area (Å²) in [5, 5.41) is 0. The molecule has 4 nitrogen and oxygen atoms in total. The van der Waals surface area contributed by atoms with Gasteiger partial charge in [0.15, 0.2) is 0 Å². The molecule has 1 saturated heterocycles. The molecular weight excluding hydrogens is 340 g/mol. The van der Waals surface area contributed by atoms with Crippen molar-refractivity contribution in [1.29, 1.82) is 0 Å². The van der Waals surface area contributed by atoms with Crippen molar-refractivity contribution in [1.82, 2.24) is 4.31 Å². The van der Waals surface area contributed by atoms with E-state index in [1.54, 1.807) is 16.4 Å². The first-order valence-electron chi connectivity index (χ1n) is 6.91. The van der Waals surface area contributed by atoms with Gasteiger partial charge < -0.3 is 5.73 Å². The summed E-state index contributed by atoms with van der Waals surface area (Å²) < 4.78 is 28.1. The summed E-state index contributed by atoms with van der Waals surface area (Å²) in [6, 6.07) is 5.46. The van der Waals surface area contributed by atoms with Gasteiger partial charge in [0.25, 0.3) is 0 Å². The van der Waals surface area contributed by atoms with Crippen molar-refractivity contribution in [3.05, 3.63) is 28.2 Å². The molecule has 20 heavy (non-hydrogen) atoms. The van der Waals surface area contributed by atoms with E-state index in [1.165, 1.54) is 0 Å². The number of nitrogens with two attached hydrogens (primary N) is 1. The fraction of sp³-hybridized carbons (Fsp3) is 0.571. The van der Waals surface area contributed by atoms with Crippen molar-refractivity contribution in [2.24, 2.45) is 17.6 Å². The Morgan fingerprint density at radius 3 is 2.70 bits per heavy atom. The van der Waals surface area contributed by atoms with E-state index in [0.717, 1.165) is 22.9 Å². The summed E-state index contributed by atoms with van der Waals surface area (Å²) in [7, 11) is -3.39. The smallest absolute Gasteiger partial charge is 0.243 e. The first kappa shape index (κ1) is 14.5. The maximum atomic E-state index is 12.8. The van der Waals surface area contributed by atoms with E-state index in [-0.39, 0.29) is 6.04 Å². The molecule has 0 bridgehead atoms. The number of sulfonamides is 1. The lowest BCUT2D eigenvalue weighted by atomic mass is 9.98. The second-order valence-corrected chi connectivity index (χ2v) is 8.72. The standard InChI is InChI=1S/C14H19BrN2O2S/c1-9-6-11(15)3-5-14(9)20(18,19)17-7-10-2-4-13(16)12(10)8-17/h3,5-6,10,12-13H,2,4,7-8,16H2,1H3. The minimum atomic E-state index is -3.39. The topological polar surface area (TPSA) is 63.4 Å². The van der Waals surface area contributed by atoms with E-state index in [4.69, 9.17) is 5.73 Å². The summed E-state index contributed by atoms with van der Waals surface area (Å²) in [5.74, 6) is 0.774. The molecule has 3 atom stereocenters. The van der Waals surface area contributed by atoms with Gasteiger partial charge in [-0.15, -0.1) is 0 Å². The SMILES string of the molecule is Cc1cc(Br)ccc1S(=O)(=O)N1CC2CCC(N)C2C1. The van der Waals surface area contributed by atoms with Gasteiger partial charge in [-0.3, -0.25) is 0 Å². The number of benzene rings is 1. The van der Waals surface area contributed by atoms with E-state index in [9.17, 15) is 8.42 Å². The van der Waals surface area contributed by atoms with Gasteiger partial charge in [-0.05, 0) is 55.4 Å². The minimum Gasteiger partial charge on any atom is -0.327 e. The van der Waals surface area contributed by atoms with Gasteiger partial charge in [0.2, 0.25) is 10.0 Å². The summed E-state index contributed by atoms with van der Waals surface area (Å²) in [6.07, 6.45) is 2.08. The van der Waals surface area contributed by atoms with Crippen LogP contribution in [0.15, 0.2) is 27.6 Å². The molecule has 1 saturated carbocycles. The number of halogens is 1. The van der Waals surface area contributed by atoms with Gasteiger partial charge in [-0.2, -0.15) is 4.31 Å². The summed E-state index contributed by atoms with van der Waals surface area (Å²) >= 11 is 3.37. The molecule has 3 rings (SSSR count). The molecule has 0 spiro atoms. The predicted octanol–water partition coefficient (Wildman–Crippen LogP) is 2.12. The Morgan fingerprint density at radius 2 is 2.05 bits per heavy atom. The van der Waals surface area contributed by atoms with Crippen LogP contribution in [0.3, 0.4) is 0 Å². The Bertz CT molecular complexity index is 632. The van der Waals surface area contributed by atoms with E-state index in [1.807, 2.05) is 13.0 Å². The normalized spacial score (nSPS) is 30.6. The molecule has 0 aromatic heterocycles. The molecular formula is C14H19BrN2O2S. The van der Waals surface area contributed by atoms with Crippen molar-refractivity contribution in [2.75, 3.05) is 13.1 Å². The molecule has 3 unspecified atom stereocenters. The van der Waals surface area contributed by atoms with Crippen molar-refractivity contribution in [3.63, 3.8) is 0 Å². The molecule has 2 fully saturated rings. The lowest BCUT2D eigenvalue weighted by molar-refractivity contribution is 0.427. The molecule has 1 aliphatic heterocycles. The maximum Gasteiger partial charge on any atom is 0.243 e. The molecule has 0 radical (unpaired) electrons. The first-order valence-corrected chi connectivity index (χ1v) is 9.15. The molecule has 1 heterocycles. The Morgan fingerprint density at radius 1 is 1.30 bits per heavy atom. The Labute approximate surface area is 128 Å². The van der Waals surface area contributed by atoms with Crippen molar-refractivity contribution >= 4 is 26.0 Å². The highest BCUT2D eigenvalue weighted by Gasteiger charge is 2.45. The zero-order valence-corrected chi connectivity index (χ0v) is 13.8. The molecule has 1 aliphatic carbocycles. The lowest BCUT2D eigenvalue weighted by Crippen LogP contribution is -2.33. The first-order chi connectivity index (χ1) is 9.39. The zero-order valence-electron chi connectivity index (χ0n) is 11.4. The fourth-order valence-electron chi connectivity index (χ4n) is 3.50. The highest BCUT2D eigenvalue weighted by atomic mass is 79.9. The highest BCUT2D eigenvalue weighted by molar-refractivity contribution is 9.10. The van der Waals surface area contributed by atoms with Crippen LogP contribution in [0.5, 0.6) is 0 Å². The van der Waals surface area contributed by atoms with E-state index >= 15 is 0 Å². The van der Waals surface area contributed by atoms with Crippen molar-refractivity contribution in [3.8, 4) is 0 Å². The van der Waals surface area contributed by atoms with Crippen molar-refractivity contribution < 1.29 is 8.42 Å². The van der Waals surface area contributed by atoms with Gasteiger partial charge in [0, 0.05) is 23.6 Å². The number of hydrogen-bond acceptors (Lipinski definition) is 3. The van der Waals surface area contributed by atoms with Crippen LogP contribution < -0.4 is 5.73 Å². The van der Waals surface area contributed by atoms with Crippen LogP contribution in [0.4, 0.5) is 0 Å². The van der Waals surface area contributed by atoms with Crippen LogP contribution >= 0.6 is 15.9 Å². The van der Waals surface area contributed by atoms with Gasteiger partial charge in [0.05, 0.1) is 4.90 Å². The summed E-state index contributed by atoms with van der Waals surface area (Å²) in [6.45, 7) is 3.03. The Hall–Kier alpha value is -0.430. The quantitative estimate of drug-likeness (QED) is 0.880. The van der Waals surface area contributed by atoms with E-state index < -0.39 is 10.0 Å². The van der Waals surface area contributed by atoms with Gasteiger partial charge >= 0.3 is 0 Å². The number of rotatable bonds is 2. The Kier molecular flexibility index (Phi) is 3.69. The Balaban J connectivity index is 1.90. The molecule has 6 heteroatoms. The van der Waals surface area contributed by atoms with Crippen LogP contribution in [0, 0.1) is 18.8 Å². The third-order valence-electron chi connectivity index (χ3n) is 4.63. The van der Waals surface area contributed by atoms with Crippen LogP contribution in [0.2, 0.25) is 0 Å². The summed E-state index contributed by atoms with van der Waals surface area (Å²) in [4.78, 5) is 0.411. The van der Waals surface area contributed by atoms with Crippen molar-refractivity contribution in [2.45, 2.75) is 30.7 Å². The molecule has 1 aromatic rings. The van der Waals surface area contributed by atoms with Crippen LogP contribution in [0.25, 0.3) is 0 Å². The molecule has 2 aliphatic rings. The van der Waals surface area contributed by atoms with Gasteiger partial charge in [-0.25, -0.2) is 8.42 Å². The second-order valence-electron chi connectivity index (χ2n) is 5.90. The third kappa shape index (κ3) is 2.32. The number of fused-ring (bicyclic) bond motifs is 1. The molecule has 0 amide bonds. The van der Waals surface area contributed by atoms with Gasteiger partial charge in [0.1, 0.15) is 0 Å². The second kappa shape index (κ2) is 5.09. The van der Waals surface area contributed by atoms with Crippen LogP contribution in [0.1, 0.15) is 18.4 Å². The predicted molar refractivity (Wildman–Crippen MR) is 81.8 cm³/mol. The average Bonchev–Trinajstić information content (AvgIpc) is 2.92.